The van der Waals surface area contributed by atoms with Crippen molar-refractivity contribution in [1.82, 2.24) is 5.32 Å². The van der Waals surface area contributed by atoms with Crippen molar-refractivity contribution in [2.75, 3.05) is 13.2 Å². The van der Waals surface area contributed by atoms with Gasteiger partial charge in [-0.05, 0) is 44.9 Å². The van der Waals surface area contributed by atoms with E-state index in [4.69, 9.17) is 0 Å². The fourth-order valence-corrected chi connectivity index (χ4v) is 2.69. The third kappa shape index (κ3) is 24.5. The van der Waals surface area contributed by atoms with Crippen LogP contribution in [-0.4, -0.2) is 19.1 Å². The summed E-state index contributed by atoms with van der Waals surface area (Å²) >= 11 is 0. The Bertz CT molecular complexity index is 564. The predicted octanol–water partition coefficient (Wildman–Crippen LogP) is 4.09. The summed E-state index contributed by atoms with van der Waals surface area (Å²) in [5.74, 6) is -0.184. The first-order chi connectivity index (χ1) is 14.0. The molecule has 0 radical (unpaired) electrons. The first-order valence-corrected chi connectivity index (χ1v) is 11.9. The third-order valence-corrected chi connectivity index (χ3v) is 4.40. The summed E-state index contributed by atoms with van der Waals surface area (Å²) < 4.78 is 14.3. The van der Waals surface area contributed by atoms with E-state index < -0.39 is 7.82 Å². The zero-order chi connectivity index (χ0) is 21.6. The van der Waals surface area contributed by atoms with Gasteiger partial charge in [0.15, 0.2) is 0 Å². The Morgan fingerprint density at radius 1 is 0.862 bits per heavy atom. The molecule has 0 fully saturated rings. The van der Waals surface area contributed by atoms with Gasteiger partial charge in [-0.3, -0.25) is 4.79 Å². The van der Waals surface area contributed by atoms with Crippen LogP contribution in [0.1, 0.15) is 71.1 Å². The summed E-state index contributed by atoms with van der Waals surface area (Å²) in [6.45, 7) is 1.90. The molecule has 0 unspecified atom stereocenters. The van der Waals surface area contributed by atoms with E-state index in [-0.39, 0.29) is 19.1 Å². The van der Waals surface area contributed by atoms with Crippen LogP contribution < -0.4 is 15.1 Å². The van der Waals surface area contributed by atoms with Gasteiger partial charge >= 0.3 is 0 Å². The SMILES string of the molecule is CCCCC/C=C\C/C=C\C/C=C\C/C=C\CCCC(=O)NCCOP(=O)([O-])[O-]. The maximum Gasteiger partial charge on any atom is 0.220 e. The lowest BCUT2D eigenvalue weighted by atomic mass is 10.2. The van der Waals surface area contributed by atoms with Crippen molar-refractivity contribution in [2.45, 2.75) is 71.1 Å². The minimum atomic E-state index is -4.95. The normalized spacial score (nSPS) is 12.8. The van der Waals surface area contributed by atoms with Crippen LogP contribution in [0.4, 0.5) is 0 Å². The van der Waals surface area contributed by atoms with Crippen LogP contribution >= 0.6 is 7.82 Å². The number of allylic oxidation sites excluding steroid dienone is 8. The summed E-state index contributed by atoms with van der Waals surface area (Å²) in [6.07, 6.45) is 27.0. The van der Waals surface area contributed by atoms with Gasteiger partial charge in [-0.15, -0.1) is 0 Å². The standard InChI is InChI=1S/C22H38NO5P/c1-2-3-4-5-6-7-8-9-10-11-12-13-14-15-16-17-18-19-22(24)23-20-21-28-29(25,26)27/h6-7,9-10,12-13,15-16H,2-5,8,11,14,17-21H2,1H3,(H,23,24)(H2,25,26,27)/p-2/b7-6-,10-9-,13-12-,16-15-. The molecule has 6 nitrogen and oxygen atoms in total. The Morgan fingerprint density at radius 3 is 1.90 bits per heavy atom. The topological polar surface area (TPSA) is 102 Å². The quantitative estimate of drug-likeness (QED) is 0.202. The van der Waals surface area contributed by atoms with E-state index in [1.165, 1.54) is 25.7 Å². The lowest BCUT2D eigenvalue weighted by molar-refractivity contribution is -0.341. The molecule has 0 aromatic carbocycles. The maximum atomic E-state index is 11.5. The van der Waals surface area contributed by atoms with Crippen molar-refractivity contribution in [3.05, 3.63) is 48.6 Å². The molecular weight excluding hydrogens is 389 g/mol. The Kier molecular flexibility index (Phi) is 18.8. The van der Waals surface area contributed by atoms with Gasteiger partial charge in [-0.25, -0.2) is 0 Å². The first-order valence-electron chi connectivity index (χ1n) is 10.5. The fourth-order valence-electron chi connectivity index (χ4n) is 2.38. The number of hydrogen-bond acceptors (Lipinski definition) is 5. The van der Waals surface area contributed by atoms with Crippen molar-refractivity contribution in [1.29, 1.82) is 0 Å². The van der Waals surface area contributed by atoms with E-state index in [1.807, 2.05) is 6.08 Å². The van der Waals surface area contributed by atoms with Crippen LogP contribution in [0.5, 0.6) is 0 Å². The molecule has 0 aromatic heterocycles. The summed E-state index contributed by atoms with van der Waals surface area (Å²) in [7, 11) is -4.95. The highest BCUT2D eigenvalue weighted by Gasteiger charge is 1.99. The third-order valence-electron chi connectivity index (χ3n) is 3.91. The lowest BCUT2D eigenvalue weighted by Crippen LogP contribution is -2.28. The van der Waals surface area contributed by atoms with Crippen molar-refractivity contribution < 1.29 is 23.7 Å². The highest BCUT2D eigenvalue weighted by molar-refractivity contribution is 7.43. The van der Waals surface area contributed by atoms with Crippen molar-refractivity contribution in [2.24, 2.45) is 0 Å². The Morgan fingerprint density at radius 2 is 1.38 bits per heavy atom. The molecule has 1 amide bonds. The maximum absolute atomic E-state index is 11.5. The lowest BCUT2D eigenvalue weighted by Gasteiger charge is -2.28. The molecule has 0 spiro atoms. The second-order valence-electron chi connectivity index (χ2n) is 6.61. The van der Waals surface area contributed by atoms with E-state index in [9.17, 15) is 19.1 Å². The molecule has 0 aliphatic rings. The van der Waals surface area contributed by atoms with Crippen LogP contribution in [0, 0.1) is 0 Å². The second-order valence-corrected chi connectivity index (χ2v) is 7.76. The first kappa shape index (κ1) is 27.5. The molecule has 1 N–H and O–H groups in total. The van der Waals surface area contributed by atoms with E-state index >= 15 is 0 Å². The van der Waals surface area contributed by atoms with Gasteiger partial charge in [-0.1, -0.05) is 68.4 Å². The van der Waals surface area contributed by atoms with Gasteiger partial charge in [0.2, 0.25) is 5.91 Å². The molecule has 29 heavy (non-hydrogen) atoms. The van der Waals surface area contributed by atoms with Crippen molar-refractivity contribution >= 4 is 13.7 Å². The number of phosphoric ester groups is 1. The van der Waals surface area contributed by atoms with Crippen LogP contribution in [0.25, 0.3) is 0 Å². The predicted molar refractivity (Wildman–Crippen MR) is 115 cm³/mol. The fraction of sp³-hybridized carbons (Fsp3) is 0.591. The number of carbonyl (C=O) groups excluding carboxylic acids is 1. The number of hydrogen-bond donors (Lipinski definition) is 1. The second kappa shape index (κ2) is 19.8. The molecular formula is C22H36NO5P-2. The largest absolute Gasteiger partial charge is 0.790 e. The zero-order valence-electron chi connectivity index (χ0n) is 17.6. The number of nitrogens with one attached hydrogen (secondary N) is 1. The van der Waals surface area contributed by atoms with Gasteiger partial charge in [0.05, 0.1) is 14.4 Å². The molecule has 0 atom stereocenters. The molecule has 7 heteroatoms. The summed E-state index contributed by atoms with van der Waals surface area (Å²) in [5.41, 5.74) is 0. The van der Waals surface area contributed by atoms with E-state index in [1.54, 1.807) is 0 Å². The van der Waals surface area contributed by atoms with Gasteiger partial charge < -0.3 is 24.2 Å². The van der Waals surface area contributed by atoms with Crippen LogP contribution in [0.2, 0.25) is 0 Å². The van der Waals surface area contributed by atoms with E-state index in [0.717, 1.165) is 25.7 Å². The van der Waals surface area contributed by atoms with Crippen LogP contribution in [0.15, 0.2) is 48.6 Å². The van der Waals surface area contributed by atoms with Gasteiger partial charge in [-0.2, -0.15) is 0 Å². The Balaban J connectivity index is 3.51. The molecule has 0 rings (SSSR count). The molecule has 0 saturated carbocycles. The van der Waals surface area contributed by atoms with E-state index in [0.29, 0.717) is 12.8 Å². The highest BCUT2D eigenvalue weighted by atomic mass is 31.2. The number of phosphoric acid groups is 1. The van der Waals surface area contributed by atoms with Gasteiger partial charge in [0, 0.05) is 13.0 Å². The van der Waals surface area contributed by atoms with E-state index in [2.05, 4.69) is 59.3 Å². The summed E-state index contributed by atoms with van der Waals surface area (Å²) in [6, 6.07) is 0. The molecule has 166 valence electrons. The van der Waals surface area contributed by atoms with Gasteiger partial charge in [0.25, 0.3) is 0 Å². The average Bonchev–Trinajstić information content (AvgIpc) is 2.67. The zero-order valence-corrected chi connectivity index (χ0v) is 18.5. The number of carbonyl (C=O) groups is 1. The summed E-state index contributed by atoms with van der Waals surface area (Å²) in [5, 5.41) is 2.50. The van der Waals surface area contributed by atoms with Gasteiger partial charge in [0.1, 0.15) is 0 Å². The molecule has 0 aliphatic carbocycles. The Hall–Kier alpha value is -1.46. The monoisotopic (exact) mass is 425 g/mol. The Labute approximate surface area is 176 Å². The summed E-state index contributed by atoms with van der Waals surface area (Å²) in [4.78, 5) is 32.0. The molecule has 0 saturated heterocycles. The minimum Gasteiger partial charge on any atom is -0.790 e. The van der Waals surface area contributed by atoms with Crippen LogP contribution in [0.3, 0.4) is 0 Å². The number of unbranched alkanes of at least 4 members (excludes halogenated alkanes) is 4. The van der Waals surface area contributed by atoms with Crippen molar-refractivity contribution in [3.8, 4) is 0 Å². The minimum absolute atomic E-state index is 0.0115. The number of amides is 1. The number of rotatable bonds is 18. The van der Waals surface area contributed by atoms with Crippen molar-refractivity contribution in [3.63, 3.8) is 0 Å². The molecule has 0 bridgehead atoms. The molecule has 0 aliphatic heterocycles. The smallest absolute Gasteiger partial charge is 0.220 e. The molecule has 0 aromatic rings. The average molecular weight is 426 g/mol. The highest BCUT2D eigenvalue weighted by Crippen LogP contribution is 2.23. The van der Waals surface area contributed by atoms with Crippen LogP contribution in [-0.2, 0) is 13.9 Å². The molecule has 0 heterocycles.